The lowest BCUT2D eigenvalue weighted by Gasteiger charge is -2.34. The van der Waals surface area contributed by atoms with Gasteiger partial charge in [0.05, 0.1) is 11.9 Å². The van der Waals surface area contributed by atoms with E-state index in [0.717, 1.165) is 18.8 Å². The van der Waals surface area contributed by atoms with Gasteiger partial charge in [-0.25, -0.2) is 4.98 Å². The quantitative estimate of drug-likeness (QED) is 0.855. The molecule has 20 heavy (non-hydrogen) atoms. The van der Waals surface area contributed by atoms with Gasteiger partial charge in [0.15, 0.2) is 0 Å². The van der Waals surface area contributed by atoms with Gasteiger partial charge in [-0.15, -0.1) is 0 Å². The molecule has 1 fully saturated rings. The Morgan fingerprint density at radius 2 is 2.10 bits per heavy atom. The van der Waals surface area contributed by atoms with Gasteiger partial charge in [-0.2, -0.15) is 0 Å². The Morgan fingerprint density at radius 1 is 1.40 bits per heavy atom. The second kappa shape index (κ2) is 6.19. The van der Waals surface area contributed by atoms with Crippen LogP contribution in [0.15, 0.2) is 18.3 Å². The number of amides is 1. The maximum Gasteiger partial charge on any atom is 0.257 e. The van der Waals surface area contributed by atoms with Crippen molar-refractivity contribution in [1.82, 2.24) is 10.3 Å². The third-order valence-corrected chi connectivity index (χ3v) is 3.72. The largest absolute Gasteiger partial charge is 0.376 e. The third-order valence-electron chi connectivity index (χ3n) is 3.72. The van der Waals surface area contributed by atoms with Crippen LogP contribution in [0.1, 0.15) is 12.8 Å². The van der Waals surface area contributed by atoms with Gasteiger partial charge in [-0.05, 0) is 38.1 Å². The highest BCUT2D eigenvalue weighted by atomic mass is 16.5. The number of ether oxygens (including phenoxy) is 1. The Morgan fingerprint density at radius 3 is 2.60 bits per heavy atom. The van der Waals surface area contributed by atoms with Gasteiger partial charge < -0.3 is 20.3 Å². The van der Waals surface area contributed by atoms with Crippen molar-refractivity contribution in [2.24, 2.45) is 0 Å². The Hall–Kier alpha value is -1.66. The van der Waals surface area contributed by atoms with Crippen molar-refractivity contribution in [2.75, 3.05) is 44.5 Å². The normalized spacial score (nSPS) is 17.6. The Balaban J connectivity index is 2.06. The van der Waals surface area contributed by atoms with Gasteiger partial charge in [0.25, 0.3) is 5.91 Å². The average molecular weight is 278 g/mol. The van der Waals surface area contributed by atoms with Crippen molar-refractivity contribution in [3.05, 3.63) is 18.3 Å². The molecule has 1 aromatic heterocycles. The number of hydrogen-bond acceptors (Lipinski definition) is 5. The molecule has 1 amide bonds. The lowest BCUT2D eigenvalue weighted by molar-refractivity contribution is -0.140. The fourth-order valence-electron chi connectivity index (χ4n) is 2.31. The first-order valence-corrected chi connectivity index (χ1v) is 6.78. The van der Waals surface area contributed by atoms with Gasteiger partial charge in [0.2, 0.25) is 0 Å². The van der Waals surface area contributed by atoms with Gasteiger partial charge in [0, 0.05) is 21.2 Å². The highest BCUT2D eigenvalue weighted by Crippen LogP contribution is 2.24. The SMILES string of the molecule is COC1(C(=O)Nc2ccc(N(C)C)cn2)CCNCC1. The molecule has 1 aromatic rings. The fraction of sp³-hybridized carbons (Fsp3) is 0.571. The highest BCUT2D eigenvalue weighted by Gasteiger charge is 2.39. The lowest BCUT2D eigenvalue weighted by Crippen LogP contribution is -2.51. The summed E-state index contributed by atoms with van der Waals surface area (Å²) in [7, 11) is 5.49. The topological polar surface area (TPSA) is 66.5 Å². The average Bonchev–Trinajstić information content (AvgIpc) is 2.48. The van der Waals surface area contributed by atoms with Crippen LogP contribution < -0.4 is 15.5 Å². The van der Waals surface area contributed by atoms with E-state index in [0.29, 0.717) is 18.7 Å². The summed E-state index contributed by atoms with van der Waals surface area (Å²) in [6.07, 6.45) is 3.08. The van der Waals surface area contributed by atoms with Crippen LogP contribution in [0, 0.1) is 0 Å². The predicted molar refractivity (Wildman–Crippen MR) is 79.0 cm³/mol. The van der Waals surface area contributed by atoms with Crippen molar-refractivity contribution in [3.63, 3.8) is 0 Å². The highest BCUT2D eigenvalue weighted by molar-refractivity contribution is 5.96. The molecule has 0 atom stereocenters. The van der Waals surface area contributed by atoms with Crippen LogP contribution in [0.5, 0.6) is 0 Å². The molecule has 6 heteroatoms. The molecule has 110 valence electrons. The smallest absolute Gasteiger partial charge is 0.257 e. The summed E-state index contributed by atoms with van der Waals surface area (Å²) in [4.78, 5) is 18.6. The molecule has 0 spiro atoms. The number of nitrogens with zero attached hydrogens (tertiary/aromatic N) is 2. The van der Waals surface area contributed by atoms with E-state index in [1.807, 2.05) is 25.1 Å². The van der Waals surface area contributed by atoms with Crippen LogP contribution in [0.4, 0.5) is 11.5 Å². The lowest BCUT2D eigenvalue weighted by atomic mass is 9.91. The number of nitrogens with one attached hydrogen (secondary N) is 2. The molecule has 0 radical (unpaired) electrons. The number of piperidine rings is 1. The number of carbonyl (C=O) groups excluding carboxylic acids is 1. The molecule has 2 N–H and O–H groups in total. The molecule has 1 aliphatic heterocycles. The maximum atomic E-state index is 12.4. The first-order chi connectivity index (χ1) is 9.57. The monoisotopic (exact) mass is 278 g/mol. The van der Waals surface area contributed by atoms with E-state index in [-0.39, 0.29) is 5.91 Å². The van der Waals surface area contributed by atoms with Crippen molar-refractivity contribution < 1.29 is 9.53 Å². The number of methoxy groups -OCH3 is 1. The fourth-order valence-corrected chi connectivity index (χ4v) is 2.31. The van der Waals surface area contributed by atoms with E-state index >= 15 is 0 Å². The molecule has 0 aliphatic carbocycles. The molecule has 2 rings (SSSR count). The zero-order valence-corrected chi connectivity index (χ0v) is 12.3. The van der Waals surface area contributed by atoms with E-state index in [1.54, 1.807) is 19.4 Å². The molecule has 0 unspecified atom stereocenters. The summed E-state index contributed by atoms with van der Waals surface area (Å²) in [5.74, 6) is 0.433. The summed E-state index contributed by atoms with van der Waals surface area (Å²) in [6.45, 7) is 1.57. The number of pyridine rings is 1. The molecule has 0 aromatic carbocycles. The van der Waals surface area contributed by atoms with Crippen LogP contribution in [-0.4, -0.2) is 50.8 Å². The number of carbonyl (C=O) groups is 1. The minimum Gasteiger partial charge on any atom is -0.376 e. The van der Waals surface area contributed by atoms with Gasteiger partial charge in [-0.1, -0.05) is 0 Å². The van der Waals surface area contributed by atoms with Crippen LogP contribution >= 0.6 is 0 Å². The summed E-state index contributed by atoms with van der Waals surface area (Å²) in [5, 5.41) is 6.08. The van der Waals surface area contributed by atoms with Crippen molar-refractivity contribution in [3.8, 4) is 0 Å². The molecule has 1 saturated heterocycles. The molecule has 6 nitrogen and oxygen atoms in total. The molecular formula is C14H22N4O2. The minimum atomic E-state index is -0.743. The van der Waals surface area contributed by atoms with E-state index in [2.05, 4.69) is 15.6 Å². The second-order valence-corrected chi connectivity index (χ2v) is 5.20. The second-order valence-electron chi connectivity index (χ2n) is 5.20. The minimum absolute atomic E-state index is 0.119. The Kier molecular flexibility index (Phi) is 4.57. The van der Waals surface area contributed by atoms with Crippen molar-refractivity contribution in [1.29, 1.82) is 0 Å². The summed E-state index contributed by atoms with van der Waals surface area (Å²) in [6, 6.07) is 3.72. The van der Waals surface area contributed by atoms with Crippen LogP contribution in [0.3, 0.4) is 0 Å². The molecule has 0 bridgehead atoms. The summed E-state index contributed by atoms with van der Waals surface area (Å²) < 4.78 is 5.49. The Bertz CT molecular complexity index is 453. The first kappa shape index (κ1) is 14.7. The zero-order valence-electron chi connectivity index (χ0n) is 12.3. The molecule has 0 saturated carbocycles. The number of anilines is 2. The predicted octanol–water partition coefficient (Wildman–Crippen LogP) is 0.855. The zero-order chi connectivity index (χ0) is 14.6. The number of aromatic nitrogens is 1. The van der Waals surface area contributed by atoms with Gasteiger partial charge in [-0.3, -0.25) is 4.79 Å². The molecule has 1 aliphatic rings. The number of hydrogen-bond donors (Lipinski definition) is 2. The third kappa shape index (κ3) is 3.08. The molecule has 2 heterocycles. The van der Waals surface area contributed by atoms with E-state index in [1.165, 1.54) is 0 Å². The maximum absolute atomic E-state index is 12.4. The van der Waals surface area contributed by atoms with Gasteiger partial charge in [0.1, 0.15) is 11.4 Å². The first-order valence-electron chi connectivity index (χ1n) is 6.78. The standard InChI is InChI=1S/C14H22N4O2/c1-18(2)11-4-5-12(16-10-11)17-13(19)14(20-3)6-8-15-9-7-14/h4-5,10,15H,6-9H2,1-3H3,(H,16,17,19). The van der Waals surface area contributed by atoms with Crippen LogP contribution in [0.25, 0.3) is 0 Å². The van der Waals surface area contributed by atoms with Crippen LogP contribution in [-0.2, 0) is 9.53 Å². The summed E-state index contributed by atoms with van der Waals surface area (Å²) in [5.41, 5.74) is 0.249. The number of rotatable bonds is 4. The van der Waals surface area contributed by atoms with E-state index in [9.17, 15) is 4.79 Å². The van der Waals surface area contributed by atoms with E-state index in [4.69, 9.17) is 4.74 Å². The summed E-state index contributed by atoms with van der Waals surface area (Å²) >= 11 is 0. The molecular weight excluding hydrogens is 256 g/mol. The van der Waals surface area contributed by atoms with E-state index < -0.39 is 5.60 Å². The Labute approximate surface area is 119 Å². The van der Waals surface area contributed by atoms with Crippen LogP contribution in [0.2, 0.25) is 0 Å². The van der Waals surface area contributed by atoms with Crippen molar-refractivity contribution >= 4 is 17.4 Å². The van der Waals surface area contributed by atoms with Gasteiger partial charge >= 0.3 is 0 Å². The van der Waals surface area contributed by atoms with Crippen molar-refractivity contribution in [2.45, 2.75) is 18.4 Å².